The molecular weight excluding hydrogens is 431 g/mol. The van der Waals surface area contributed by atoms with E-state index in [1.165, 1.54) is 30.5 Å². The van der Waals surface area contributed by atoms with Gasteiger partial charge in [0.15, 0.2) is 5.65 Å². The van der Waals surface area contributed by atoms with E-state index in [1.54, 1.807) is 6.20 Å². The Hall–Kier alpha value is -2.81. The summed E-state index contributed by atoms with van der Waals surface area (Å²) in [5, 5.41) is 1.14. The van der Waals surface area contributed by atoms with Gasteiger partial charge in [0, 0.05) is 42.0 Å². The molecule has 3 aromatic rings. The molecule has 9 heteroatoms. The third-order valence-corrected chi connectivity index (χ3v) is 5.75. The summed E-state index contributed by atoms with van der Waals surface area (Å²) in [4.78, 5) is 20.6. The maximum atomic E-state index is 9.67. The second-order valence-corrected chi connectivity index (χ2v) is 8.12. The normalized spacial score (nSPS) is 15.9. The molecule has 1 aliphatic carbocycles. The summed E-state index contributed by atoms with van der Waals surface area (Å²) in [7, 11) is 0. The molecule has 3 aromatic heterocycles. The Balaban J connectivity index is 0.000000231. The molecular formula is C24H30F3N5O. The molecule has 0 bridgehead atoms. The number of halogens is 3. The molecule has 0 spiro atoms. The zero-order valence-electron chi connectivity index (χ0n) is 19.3. The summed E-state index contributed by atoms with van der Waals surface area (Å²) in [6.45, 7) is 5.69. The van der Waals surface area contributed by atoms with Gasteiger partial charge in [-0.3, -0.25) is 4.98 Å². The van der Waals surface area contributed by atoms with E-state index >= 15 is 0 Å². The number of fused-ring (bicyclic) bond motifs is 1. The maximum absolute atomic E-state index is 9.67. The second kappa shape index (κ2) is 11.9. The summed E-state index contributed by atoms with van der Waals surface area (Å²) >= 11 is 0. The lowest BCUT2D eigenvalue weighted by atomic mass is 9.81. The number of rotatable bonds is 2. The van der Waals surface area contributed by atoms with Crippen LogP contribution in [0.3, 0.4) is 0 Å². The van der Waals surface area contributed by atoms with Crippen LogP contribution in [0.25, 0.3) is 11.0 Å². The highest BCUT2D eigenvalue weighted by Gasteiger charge is 2.26. The highest BCUT2D eigenvalue weighted by Crippen LogP contribution is 2.39. The largest absolute Gasteiger partial charge is 0.379 e. The van der Waals surface area contributed by atoms with Gasteiger partial charge in [-0.15, -0.1) is 0 Å². The quantitative estimate of drug-likeness (QED) is 0.515. The molecule has 5 rings (SSSR count). The molecule has 33 heavy (non-hydrogen) atoms. The van der Waals surface area contributed by atoms with Crippen LogP contribution in [0.5, 0.6) is 0 Å². The Kier molecular flexibility index (Phi) is 8.94. The fourth-order valence-electron chi connectivity index (χ4n) is 3.60. The maximum Gasteiger partial charge on any atom is 0.379 e. The van der Waals surface area contributed by atoms with E-state index in [9.17, 15) is 13.2 Å². The van der Waals surface area contributed by atoms with Gasteiger partial charge >= 0.3 is 6.68 Å². The number of hydrogen-bond acceptors (Lipinski definition) is 6. The van der Waals surface area contributed by atoms with Gasteiger partial charge in [-0.1, -0.05) is 12.5 Å². The van der Waals surface area contributed by atoms with Crippen molar-refractivity contribution >= 4 is 17.0 Å². The molecule has 6 nitrogen and oxygen atoms in total. The molecule has 2 aliphatic rings. The molecule has 1 saturated heterocycles. The molecule has 0 aromatic carbocycles. The van der Waals surface area contributed by atoms with Crippen LogP contribution in [0.2, 0.25) is 0 Å². The first-order valence-electron chi connectivity index (χ1n) is 11.1. The fourth-order valence-corrected chi connectivity index (χ4v) is 3.60. The predicted molar refractivity (Wildman–Crippen MR) is 123 cm³/mol. The molecule has 0 amide bonds. The van der Waals surface area contributed by atoms with E-state index in [4.69, 9.17) is 19.7 Å². The van der Waals surface area contributed by atoms with Gasteiger partial charge < -0.3 is 9.64 Å². The number of morpholine rings is 1. The summed E-state index contributed by atoms with van der Waals surface area (Å²) in [5.74, 6) is 1.41. The average Bonchev–Trinajstić information content (AvgIpc) is 2.75. The number of alkyl halides is 3. The van der Waals surface area contributed by atoms with Gasteiger partial charge in [-0.25, -0.2) is 9.97 Å². The summed E-state index contributed by atoms with van der Waals surface area (Å²) in [6.07, 6.45) is 5.57. The summed E-state index contributed by atoms with van der Waals surface area (Å²) in [6, 6.07) is 8.07. The van der Waals surface area contributed by atoms with Crippen LogP contribution in [0.1, 0.15) is 47.8 Å². The fraction of sp³-hybridized carbons (Fsp3) is 0.500. The number of hydrogen-bond donors (Lipinski definition) is 0. The van der Waals surface area contributed by atoms with Crippen LogP contribution in [-0.4, -0.2) is 52.9 Å². The molecule has 0 unspecified atom stereocenters. The number of aromatic nitrogens is 4. The summed E-state index contributed by atoms with van der Waals surface area (Å²) in [5.41, 5.74) is 5.40. The molecule has 0 atom stereocenters. The van der Waals surface area contributed by atoms with Crippen molar-refractivity contribution in [3.8, 4) is 0 Å². The smallest absolute Gasteiger partial charge is 0.378 e. The van der Waals surface area contributed by atoms with Crippen LogP contribution >= 0.6 is 0 Å². The van der Waals surface area contributed by atoms with Gasteiger partial charge in [-0.2, -0.15) is 18.2 Å². The average molecular weight is 462 g/mol. The first-order chi connectivity index (χ1) is 15.8. The van der Waals surface area contributed by atoms with E-state index in [2.05, 4.69) is 22.9 Å². The van der Waals surface area contributed by atoms with Gasteiger partial charge in [0.25, 0.3) is 0 Å². The lowest BCUT2D eigenvalue weighted by Gasteiger charge is -2.30. The highest BCUT2D eigenvalue weighted by atomic mass is 19.4. The van der Waals surface area contributed by atoms with Gasteiger partial charge in [-0.05, 0) is 57.4 Å². The number of nitrogens with zero attached hydrogens (tertiary/aromatic N) is 5. The standard InChI is InChI=1S/C17H22N4O.C6H7N.CHF3/c1-11-10-14-15(13-4-3-5-13)19-17(20-16(14)18-12(11)2)21-6-8-22-9-7-21;1-6-4-2-3-5-7-6;2-1(3)4/h10,13H,3-9H2,1-2H3;2-5H,1H3;1H. The van der Waals surface area contributed by atoms with E-state index < -0.39 is 6.68 Å². The minimum absolute atomic E-state index is 0.578. The molecule has 4 heterocycles. The topological polar surface area (TPSA) is 64.0 Å². The Morgan fingerprint density at radius 3 is 2.21 bits per heavy atom. The zero-order chi connectivity index (χ0) is 23.8. The molecule has 178 valence electrons. The third-order valence-electron chi connectivity index (χ3n) is 5.75. The van der Waals surface area contributed by atoms with Crippen molar-refractivity contribution in [2.45, 2.75) is 52.6 Å². The highest BCUT2D eigenvalue weighted by molar-refractivity contribution is 5.80. The first-order valence-corrected chi connectivity index (χ1v) is 11.1. The Bertz CT molecular complexity index is 1020. The zero-order valence-corrected chi connectivity index (χ0v) is 19.3. The van der Waals surface area contributed by atoms with Crippen molar-refractivity contribution in [2.75, 3.05) is 31.2 Å². The van der Waals surface area contributed by atoms with Crippen molar-refractivity contribution in [2.24, 2.45) is 0 Å². The number of ether oxygens (including phenoxy) is 1. The van der Waals surface area contributed by atoms with E-state index in [0.717, 1.165) is 54.7 Å². The first kappa shape index (κ1) is 24.8. The summed E-state index contributed by atoms with van der Waals surface area (Å²) < 4.78 is 34.4. The van der Waals surface area contributed by atoms with Crippen LogP contribution in [0.15, 0.2) is 30.5 Å². The van der Waals surface area contributed by atoms with Crippen molar-refractivity contribution in [1.29, 1.82) is 0 Å². The predicted octanol–water partition coefficient (Wildman–Crippen LogP) is 5.31. The lowest BCUT2D eigenvalue weighted by Crippen LogP contribution is -2.37. The number of anilines is 1. The minimum Gasteiger partial charge on any atom is -0.378 e. The number of aryl methyl sites for hydroxylation is 3. The molecule has 0 N–H and O–H groups in total. The molecule has 1 aliphatic heterocycles. The van der Waals surface area contributed by atoms with Crippen molar-refractivity contribution < 1.29 is 17.9 Å². The van der Waals surface area contributed by atoms with E-state index in [-0.39, 0.29) is 0 Å². The Morgan fingerprint density at radius 2 is 1.70 bits per heavy atom. The van der Waals surface area contributed by atoms with Crippen molar-refractivity contribution in [3.63, 3.8) is 0 Å². The van der Waals surface area contributed by atoms with E-state index in [0.29, 0.717) is 5.92 Å². The number of pyridine rings is 2. The third kappa shape index (κ3) is 7.08. The van der Waals surface area contributed by atoms with Crippen LogP contribution < -0.4 is 4.90 Å². The molecule has 1 saturated carbocycles. The van der Waals surface area contributed by atoms with Crippen LogP contribution in [0, 0.1) is 20.8 Å². The van der Waals surface area contributed by atoms with Gasteiger partial charge in [0.1, 0.15) is 0 Å². The SMILES string of the molecule is Cc1cc2c(C3CCC3)nc(N3CCOCC3)nc2nc1C.Cc1ccccn1.FC(F)F. The van der Waals surface area contributed by atoms with Gasteiger partial charge in [0.2, 0.25) is 5.95 Å². The minimum atomic E-state index is -3.67. The van der Waals surface area contributed by atoms with Crippen LogP contribution in [-0.2, 0) is 4.74 Å². The Morgan fingerprint density at radius 1 is 1.00 bits per heavy atom. The van der Waals surface area contributed by atoms with E-state index in [1.807, 2.05) is 32.0 Å². The lowest BCUT2D eigenvalue weighted by molar-refractivity contribution is 0.00819. The molecule has 0 radical (unpaired) electrons. The van der Waals surface area contributed by atoms with Crippen molar-refractivity contribution in [1.82, 2.24) is 19.9 Å². The molecule has 2 fully saturated rings. The van der Waals surface area contributed by atoms with Crippen LogP contribution in [0.4, 0.5) is 19.1 Å². The Labute approximate surface area is 192 Å². The second-order valence-electron chi connectivity index (χ2n) is 8.12. The van der Waals surface area contributed by atoms with Crippen molar-refractivity contribution in [3.05, 3.63) is 53.1 Å². The monoisotopic (exact) mass is 461 g/mol. The van der Waals surface area contributed by atoms with Gasteiger partial charge in [0.05, 0.1) is 18.9 Å².